The summed E-state index contributed by atoms with van der Waals surface area (Å²) < 4.78 is 5.43. The van der Waals surface area contributed by atoms with Crippen LogP contribution < -0.4 is 0 Å². The lowest BCUT2D eigenvalue weighted by molar-refractivity contribution is -0.167. The first-order valence-electron chi connectivity index (χ1n) is 6.17. The minimum absolute atomic E-state index is 0.0453. The minimum atomic E-state index is -0.938. The second-order valence-corrected chi connectivity index (χ2v) is 5.59. The fraction of sp³-hybridized carbons (Fsp3) is 0.692. The summed E-state index contributed by atoms with van der Waals surface area (Å²) in [6.45, 7) is 3.59. The number of carboxylic acid groups (broad SMARTS) is 1. The molecule has 1 saturated heterocycles. The van der Waals surface area contributed by atoms with Gasteiger partial charge >= 0.3 is 11.9 Å². The number of rotatable bonds is 3. The highest BCUT2D eigenvalue weighted by Gasteiger charge is 2.57. The molecule has 0 spiro atoms. The van der Waals surface area contributed by atoms with Crippen molar-refractivity contribution in [1.29, 1.82) is 0 Å². The fourth-order valence-electron chi connectivity index (χ4n) is 4.02. The van der Waals surface area contributed by atoms with Crippen molar-refractivity contribution in [3.63, 3.8) is 0 Å². The van der Waals surface area contributed by atoms with Crippen LogP contribution in [0.5, 0.6) is 0 Å². The maximum atomic E-state index is 11.4. The molecule has 2 aliphatic carbocycles. The lowest BCUT2D eigenvalue weighted by atomic mass is 9.74. The summed E-state index contributed by atoms with van der Waals surface area (Å²) in [6.07, 6.45) is 3.13. The van der Waals surface area contributed by atoms with Gasteiger partial charge in [0.05, 0.1) is 0 Å². The predicted molar refractivity (Wildman–Crippen MR) is 59.1 cm³/mol. The Hall–Kier alpha value is -1.32. The summed E-state index contributed by atoms with van der Waals surface area (Å²) in [4.78, 5) is 22.3. The Morgan fingerprint density at radius 1 is 1.41 bits per heavy atom. The summed E-state index contributed by atoms with van der Waals surface area (Å²) in [5, 5.41) is 8.88. The van der Waals surface area contributed by atoms with Crippen molar-refractivity contribution in [2.75, 3.05) is 0 Å². The molecule has 5 atom stereocenters. The molecule has 4 nitrogen and oxygen atoms in total. The van der Waals surface area contributed by atoms with Crippen LogP contribution in [0.15, 0.2) is 12.2 Å². The zero-order valence-electron chi connectivity index (χ0n) is 9.59. The van der Waals surface area contributed by atoms with Gasteiger partial charge in [-0.1, -0.05) is 6.58 Å². The van der Waals surface area contributed by atoms with Crippen LogP contribution in [0.3, 0.4) is 0 Å². The highest BCUT2D eigenvalue weighted by atomic mass is 16.5. The number of fused-ring (bicyclic) bond motifs is 1. The Labute approximate surface area is 99.6 Å². The fourth-order valence-corrected chi connectivity index (χ4v) is 4.02. The van der Waals surface area contributed by atoms with Gasteiger partial charge in [0.15, 0.2) is 0 Å². The van der Waals surface area contributed by atoms with E-state index in [1.807, 2.05) is 0 Å². The molecule has 0 aromatic heterocycles. The van der Waals surface area contributed by atoms with Crippen LogP contribution in [0.25, 0.3) is 0 Å². The third-order valence-electron chi connectivity index (χ3n) is 4.72. The minimum Gasteiger partial charge on any atom is -0.478 e. The molecule has 5 unspecified atom stereocenters. The summed E-state index contributed by atoms with van der Waals surface area (Å²) in [7, 11) is 0. The molecule has 3 rings (SSSR count). The SMILES string of the molecule is C=C(CC1C2CC3CC(=O)OC1C3C2)C(=O)O. The van der Waals surface area contributed by atoms with Gasteiger partial charge in [-0.15, -0.1) is 0 Å². The number of ether oxygens (including phenoxy) is 1. The standard InChI is InChI=1S/C13H16O4/c1-6(13(15)16)2-9-7-3-8-5-11(14)17-12(9)10(8)4-7/h7-10,12H,1-5H2,(H,15,16). The van der Waals surface area contributed by atoms with Crippen LogP contribution in [-0.4, -0.2) is 23.1 Å². The number of hydrogen-bond acceptors (Lipinski definition) is 3. The van der Waals surface area contributed by atoms with E-state index in [4.69, 9.17) is 9.84 Å². The highest BCUT2D eigenvalue weighted by molar-refractivity contribution is 5.85. The largest absolute Gasteiger partial charge is 0.478 e. The van der Waals surface area contributed by atoms with E-state index in [-0.39, 0.29) is 23.6 Å². The maximum absolute atomic E-state index is 11.4. The number of carboxylic acids is 1. The molecule has 17 heavy (non-hydrogen) atoms. The molecule has 4 heteroatoms. The number of esters is 1. The molecule has 2 saturated carbocycles. The Morgan fingerprint density at radius 3 is 2.88 bits per heavy atom. The second kappa shape index (κ2) is 3.59. The average molecular weight is 236 g/mol. The number of aliphatic carboxylic acids is 1. The molecular formula is C13H16O4. The summed E-state index contributed by atoms with van der Waals surface area (Å²) in [5.74, 6) is 0.627. The van der Waals surface area contributed by atoms with E-state index in [1.54, 1.807) is 0 Å². The van der Waals surface area contributed by atoms with Crippen molar-refractivity contribution in [3.05, 3.63) is 12.2 Å². The zero-order chi connectivity index (χ0) is 12.2. The Balaban J connectivity index is 1.76. The normalized spacial score (nSPS) is 42.4. The highest BCUT2D eigenvalue weighted by Crippen LogP contribution is 2.57. The van der Waals surface area contributed by atoms with Crippen molar-refractivity contribution in [2.24, 2.45) is 23.7 Å². The first-order chi connectivity index (χ1) is 8.06. The second-order valence-electron chi connectivity index (χ2n) is 5.59. The zero-order valence-corrected chi connectivity index (χ0v) is 9.59. The van der Waals surface area contributed by atoms with Gasteiger partial charge in [0.2, 0.25) is 0 Å². The predicted octanol–water partition coefficient (Wildman–Crippen LogP) is 1.60. The van der Waals surface area contributed by atoms with Crippen LogP contribution in [0.4, 0.5) is 0 Å². The Morgan fingerprint density at radius 2 is 2.18 bits per heavy atom. The first kappa shape index (κ1) is 10.8. The number of carbonyl (C=O) groups excluding carboxylic acids is 1. The topological polar surface area (TPSA) is 63.6 Å². The van der Waals surface area contributed by atoms with Gasteiger partial charge in [-0.3, -0.25) is 4.79 Å². The molecule has 0 radical (unpaired) electrons. The van der Waals surface area contributed by atoms with Gasteiger partial charge in [0.1, 0.15) is 6.10 Å². The molecule has 92 valence electrons. The average Bonchev–Trinajstić information content (AvgIpc) is 2.78. The Kier molecular flexibility index (Phi) is 2.28. The van der Waals surface area contributed by atoms with Crippen molar-refractivity contribution in [2.45, 2.75) is 31.8 Å². The van der Waals surface area contributed by atoms with Gasteiger partial charge in [0, 0.05) is 17.9 Å². The molecular weight excluding hydrogens is 220 g/mol. The van der Waals surface area contributed by atoms with E-state index >= 15 is 0 Å². The van der Waals surface area contributed by atoms with Crippen LogP contribution in [0.2, 0.25) is 0 Å². The molecule has 2 bridgehead atoms. The molecule has 3 fully saturated rings. The smallest absolute Gasteiger partial charge is 0.330 e. The van der Waals surface area contributed by atoms with E-state index in [1.165, 1.54) is 0 Å². The van der Waals surface area contributed by atoms with Crippen LogP contribution >= 0.6 is 0 Å². The van der Waals surface area contributed by atoms with Crippen molar-refractivity contribution in [1.82, 2.24) is 0 Å². The lowest BCUT2D eigenvalue weighted by Crippen LogP contribution is -2.42. The van der Waals surface area contributed by atoms with E-state index in [9.17, 15) is 9.59 Å². The molecule has 0 amide bonds. The number of carbonyl (C=O) groups is 2. The maximum Gasteiger partial charge on any atom is 0.330 e. The summed E-state index contributed by atoms with van der Waals surface area (Å²) >= 11 is 0. The first-order valence-corrected chi connectivity index (χ1v) is 6.17. The van der Waals surface area contributed by atoms with Gasteiger partial charge in [-0.25, -0.2) is 4.79 Å². The molecule has 1 aliphatic heterocycles. The van der Waals surface area contributed by atoms with E-state index < -0.39 is 5.97 Å². The molecule has 1 N–H and O–H groups in total. The van der Waals surface area contributed by atoms with Crippen molar-refractivity contribution in [3.8, 4) is 0 Å². The Bertz CT molecular complexity index is 400. The van der Waals surface area contributed by atoms with E-state index in [0.29, 0.717) is 30.6 Å². The quantitative estimate of drug-likeness (QED) is 0.597. The third-order valence-corrected chi connectivity index (χ3v) is 4.72. The molecule has 0 aromatic carbocycles. The van der Waals surface area contributed by atoms with Gasteiger partial charge in [0.25, 0.3) is 0 Å². The monoisotopic (exact) mass is 236 g/mol. The molecule has 3 aliphatic rings. The number of hydrogen-bond donors (Lipinski definition) is 1. The van der Waals surface area contributed by atoms with Crippen LogP contribution in [-0.2, 0) is 14.3 Å². The van der Waals surface area contributed by atoms with Gasteiger partial charge in [-0.2, -0.15) is 0 Å². The summed E-state index contributed by atoms with van der Waals surface area (Å²) in [6, 6.07) is 0. The van der Waals surface area contributed by atoms with E-state index in [0.717, 1.165) is 12.8 Å². The van der Waals surface area contributed by atoms with Crippen LogP contribution in [0, 0.1) is 23.7 Å². The van der Waals surface area contributed by atoms with Crippen molar-refractivity contribution < 1.29 is 19.4 Å². The van der Waals surface area contributed by atoms with Gasteiger partial charge < -0.3 is 9.84 Å². The lowest BCUT2D eigenvalue weighted by Gasteiger charge is -2.39. The van der Waals surface area contributed by atoms with Crippen LogP contribution in [0.1, 0.15) is 25.7 Å². The summed E-state index contributed by atoms with van der Waals surface area (Å²) in [5.41, 5.74) is 0.237. The van der Waals surface area contributed by atoms with E-state index in [2.05, 4.69) is 6.58 Å². The van der Waals surface area contributed by atoms with Crippen molar-refractivity contribution >= 4 is 11.9 Å². The molecule has 1 heterocycles. The molecule has 0 aromatic rings. The van der Waals surface area contributed by atoms with Gasteiger partial charge in [-0.05, 0) is 37.0 Å². The third kappa shape index (κ3) is 1.58.